The van der Waals surface area contributed by atoms with Crippen LogP contribution >= 0.6 is 15.9 Å². The average Bonchev–Trinajstić information content (AvgIpc) is 2.38. The first kappa shape index (κ1) is 15.8. The van der Waals surface area contributed by atoms with Crippen LogP contribution in [0.5, 0.6) is 5.75 Å². The molecule has 112 valence electrons. The van der Waals surface area contributed by atoms with E-state index in [1.165, 1.54) is 12.8 Å². The quantitative estimate of drug-likeness (QED) is 0.859. The monoisotopic (exact) mass is 339 g/mol. The maximum Gasteiger partial charge on any atom is 0.125 e. The Kier molecular flexibility index (Phi) is 5.50. The van der Waals surface area contributed by atoms with Crippen molar-refractivity contribution in [2.24, 2.45) is 23.5 Å². The average molecular weight is 340 g/mol. The highest BCUT2D eigenvalue weighted by atomic mass is 79.9. The van der Waals surface area contributed by atoms with Gasteiger partial charge in [0.05, 0.1) is 0 Å². The van der Waals surface area contributed by atoms with Gasteiger partial charge in [0.15, 0.2) is 0 Å². The van der Waals surface area contributed by atoms with Crippen molar-refractivity contribution in [1.29, 1.82) is 0 Å². The minimum atomic E-state index is 0.318. The number of hydrogen-bond donors (Lipinski definition) is 1. The highest BCUT2D eigenvalue weighted by molar-refractivity contribution is 9.10. The van der Waals surface area contributed by atoms with E-state index in [9.17, 15) is 0 Å². The van der Waals surface area contributed by atoms with Gasteiger partial charge in [-0.2, -0.15) is 0 Å². The Morgan fingerprint density at radius 3 is 2.75 bits per heavy atom. The van der Waals surface area contributed by atoms with E-state index in [0.717, 1.165) is 28.1 Å². The summed E-state index contributed by atoms with van der Waals surface area (Å²) in [6, 6.07) is 6.09. The van der Waals surface area contributed by atoms with E-state index in [1.807, 2.05) is 18.2 Å². The fourth-order valence-electron chi connectivity index (χ4n) is 3.26. The van der Waals surface area contributed by atoms with Crippen LogP contribution in [0.15, 0.2) is 22.7 Å². The lowest BCUT2D eigenvalue weighted by molar-refractivity contribution is 0.0453. The van der Waals surface area contributed by atoms with E-state index < -0.39 is 0 Å². The van der Waals surface area contributed by atoms with Gasteiger partial charge in [-0.05, 0) is 42.7 Å². The molecule has 0 aromatic heterocycles. The fraction of sp³-hybridized carbons (Fsp3) is 0.647. The molecule has 0 amide bonds. The number of ether oxygens (including phenoxy) is 1. The van der Waals surface area contributed by atoms with Gasteiger partial charge in [-0.25, -0.2) is 0 Å². The van der Waals surface area contributed by atoms with Crippen molar-refractivity contribution in [3.05, 3.63) is 28.2 Å². The van der Waals surface area contributed by atoms with Gasteiger partial charge in [-0.3, -0.25) is 0 Å². The number of rotatable bonds is 4. The Hall–Kier alpha value is -0.540. The predicted octanol–water partition coefficient (Wildman–Crippen LogP) is 4.75. The van der Waals surface area contributed by atoms with Crippen LogP contribution in [0.25, 0.3) is 0 Å². The van der Waals surface area contributed by atoms with Crippen molar-refractivity contribution in [1.82, 2.24) is 0 Å². The van der Waals surface area contributed by atoms with Gasteiger partial charge in [0.2, 0.25) is 0 Å². The summed E-state index contributed by atoms with van der Waals surface area (Å²) in [6.07, 6.45) is 4.07. The maximum atomic E-state index is 6.39. The molecule has 0 saturated heterocycles. The van der Waals surface area contributed by atoms with Crippen molar-refractivity contribution in [3.63, 3.8) is 0 Å². The molecular weight excluding hydrogens is 314 g/mol. The van der Waals surface area contributed by atoms with E-state index in [-0.39, 0.29) is 0 Å². The molecule has 3 heteroatoms. The SMILES string of the molecule is CC1CCC(C(C)C)C(Oc2cccc(Br)c2CN)C1. The summed E-state index contributed by atoms with van der Waals surface area (Å²) in [7, 11) is 0. The molecule has 0 heterocycles. The Bertz CT molecular complexity index is 447. The molecule has 3 unspecified atom stereocenters. The van der Waals surface area contributed by atoms with E-state index >= 15 is 0 Å². The maximum absolute atomic E-state index is 6.39. The minimum Gasteiger partial charge on any atom is -0.490 e. The third kappa shape index (κ3) is 3.56. The first-order chi connectivity index (χ1) is 9.52. The Labute approximate surface area is 131 Å². The molecule has 0 radical (unpaired) electrons. The summed E-state index contributed by atoms with van der Waals surface area (Å²) < 4.78 is 7.44. The second kappa shape index (κ2) is 6.95. The minimum absolute atomic E-state index is 0.318. The highest BCUT2D eigenvalue weighted by Crippen LogP contribution is 2.37. The molecule has 1 saturated carbocycles. The van der Waals surface area contributed by atoms with Gasteiger partial charge < -0.3 is 10.5 Å². The second-order valence-corrected chi connectivity index (χ2v) is 7.26. The zero-order chi connectivity index (χ0) is 14.7. The molecular formula is C17H26BrNO. The van der Waals surface area contributed by atoms with E-state index in [1.54, 1.807) is 0 Å². The molecule has 2 nitrogen and oxygen atoms in total. The molecule has 1 aromatic rings. The van der Waals surface area contributed by atoms with E-state index in [2.05, 4.69) is 36.7 Å². The summed E-state index contributed by atoms with van der Waals surface area (Å²) >= 11 is 3.57. The van der Waals surface area contributed by atoms with Gasteiger partial charge in [0.25, 0.3) is 0 Å². The van der Waals surface area contributed by atoms with Crippen LogP contribution in [0.2, 0.25) is 0 Å². The lowest BCUT2D eigenvalue weighted by Crippen LogP contribution is -2.36. The smallest absolute Gasteiger partial charge is 0.125 e. The molecule has 2 N–H and O–H groups in total. The van der Waals surface area contributed by atoms with Gasteiger partial charge in [0, 0.05) is 16.6 Å². The second-order valence-electron chi connectivity index (χ2n) is 6.40. The van der Waals surface area contributed by atoms with Crippen molar-refractivity contribution in [3.8, 4) is 5.75 Å². The van der Waals surface area contributed by atoms with Crippen LogP contribution in [-0.2, 0) is 6.54 Å². The zero-order valence-electron chi connectivity index (χ0n) is 12.7. The summed E-state index contributed by atoms with van der Waals surface area (Å²) in [5.41, 5.74) is 6.95. The van der Waals surface area contributed by atoms with Crippen molar-refractivity contribution >= 4 is 15.9 Å². The van der Waals surface area contributed by atoms with Crippen LogP contribution in [0.1, 0.15) is 45.6 Å². The van der Waals surface area contributed by atoms with Crippen molar-refractivity contribution in [2.45, 2.75) is 52.7 Å². The first-order valence-electron chi connectivity index (χ1n) is 7.67. The van der Waals surface area contributed by atoms with E-state index in [4.69, 9.17) is 10.5 Å². The highest BCUT2D eigenvalue weighted by Gasteiger charge is 2.32. The lowest BCUT2D eigenvalue weighted by atomic mass is 9.75. The van der Waals surface area contributed by atoms with Gasteiger partial charge in [-0.1, -0.05) is 49.2 Å². The molecule has 1 aromatic carbocycles. The van der Waals surface area contributed by atoms with Crippen LogP contribution < -0.4 is 10.5 Å². The van der Waals surface area contributed by atoms with Crippen LogP contribution in [0.3, 0.4) is 0 Å². The number of benzene rings is 1. The number of nitrogens with two attached hydrogens (primary N) is 1. The molecule has 3 atom stereocenters. The first-order valence-corrected chi connectivity index (χ1v) is 8.46. The molecule has 20 heavy (non-hydrogen) atoms. The Morgan fingerprint density at radius 1 is 1.35 bits per heavy atom. The zero-order valence-corrected chi connectivity index (χ0v) is 14.3. The molecule has 0 aliphatic heterocycles. The Balaban J connectivity index is 2.20. The summed E-state index contributed by atoms with van der Waals surface area (Å²) in [5, 5.41) is 0. The van der Waals surface area contributed by atoms with Crippen LogP contribution in [0, 0.1) is 17.8 Å². The summed E-state index contributed by atoms with van der Waals surface area (Å²) in [6.45, 7) is 7.45. The molecule has 0 bridgehead atoms. The third-order valence-electron chi connectivity index (χ3n) is 4.52. The molecule has 2 rings (SSSR count). The molecule has 1 aliphatic rings. The predicted molar refractivity (Wildman–Crippen MR) is 87.8 cm³/mol. The van der Waals surface area contributed by atoms with Crippen LogP contribution in [0.4, 0.5) is 0 Å². The standard InChI is InChI=1S/C17H26BrNO/c1-11(2)13-8-7-12(3)9-17(13)20-16-6-4-5-15(18)14(16)10-19/h4-6,11-13,17H,7-10,19H2,1-3H3. The van der Waals surface area contributed by atoms with Crippen LogP contribution in [-0.4, -0.2) is 6.10 Å². The molecule has 0 spiro atoms. The van der Waals surface area contributed by atoms with Crippen molar-refractivity contribution < 1.29 is 4.74 Å². The molecule has 1 aliphatic carbocycles. The normalized spacial score (nSPS) is 26.8. The fourth-order valence-corrected chi connectivity index (χ4v) is 3.77. The lowest BCUT2D eigenvalue weighted by Gasteiger charge is -2.37. The summed E-state index contributed by atoms with van der Waals surface area (Å²) in [5.74, 6) is 3.02. The number of hydrogen-bond acceptors (Lipinski definition) is 2. The van der Waals surface area contributed by atoms with E-state index in [0.29, 0.717) is 24.5 Å². The number of halogens is 1. The van der Waals surface area contributed by atoms with Gasteiger partial charge >= 0.3 is 0 Å². The largest absolute Gasteiger partial charge is 0.490 e. The topological polar surface area (TPSA) is 35.2 Å². The van der Waals surface area contributed by atoms with Gasteiger partial charge in [-0.15, -0.1) is 0 Å². The summed E-state index contributed by atoms with van der Waals surface area (Å²) in [4.78, 5) is 0. The third-order valence-corrected chi connectivity index (χ3v) is 5.26. The Morgan fingerprint density at radius 2 is 2.10 bits per heavy atom. The molecule has 1 fully saturated rings. The van der Waals surface area contributed by atoms with Crippen molar-refractivity contribution in [2.75, 3.05) is 0 Å². The van der Waals surface area contributed by atoms with Gasteiger partial charge in [0.1, 0.15) is 11.9 Å².